The molecule has 2 aliphatic rings. The molecule has 0 N–H and O–H groups in total. The fourth-order valence-electron chi connectivity index (χ4n) is 3.05. The summed E-state index contributed by atoms with van der Waals surface area (Å²) in [4.78, 5) is 12.6. The van der Waals surface area contributed by atoms with Gasteiger partial charge in [-0.2, -0.15) is 0 Å². The predicted molar refractivity (Wildman–Crippen MR) is 96.4 cm³/mol. The number of para-hydroxylation sites is 1. The van der Waals surface area contributed by atoms with Crippen LogP contribution >= 0.6 is 0 Å². The first kappa shape index (κ1) is 18.1. The first-order valence-electron chi connectivity index (χ1n) is 9.19. The third-order valence-electron chi connectivity index (χ3n) is 4.45. The molecule has 0 aliphatic carbocycles. The number of ether oxygens (including phenoxy) is 5. The van der Waals surface area contributed by atoms with Crippen molar-refractivity contribution in [1.82, 2.24) is 0 Å². The summed E-state index contributed by atoms with van der Waals surface area (Å²) < 4.78 is 28.0. The molecule has 2 heterocycles. The fourth-order valence-corrected chi connectivity index (χ4v) is 3.05. The van der Waals surface area contributed by atoms with Gasteiger partial charge in [-0.15, -0.1) is 0 Å². The number of carbonyl (C=O) groups is 1. The molecular weight excluding hydrogens is 348 g/mol. The van der Waals surface area contributed by atoms with Crippen molar-refractivity contribution in [2.75, 3.05) is 26.4 Å². The molecule has 0 amide bonds. The Labute approximate surface area is 157 Å². The highest BCUT2D eigenvalue weighted by molar-refractivity contribution is 5.91. The average molecular weight is 370 g/mol. The average Bonchev–Trinajstić information content (AvgIpc) is 2.75. The zero-order chi connectivity index (χ0) is 18.5. The van der Waals surface area contributed by atoms with Gasteiger partial charge in [0.25, 0.3) is 0 Å². The maximum absolute atomic E-state index is 12.6. The van der Waals surface area contributed by atoms with Crippen molar-refractivity contribution in [3.05, 3.63) is 65.2 Å². The van der Waals surface area contributed by atoms with Gasteiger partial charge >= 0.3 is 5.97 Å². The molecule has 27 heavy (non-hydrogen) atoms. The number of esters is 1. The van der Waals surface area contributed by atoms with E-state index < -0.39 is 12.3 Å². The van der Waals surface area contributed by atoms with E-state index in [9.17, 15) is 4.79 Å². The molecule has 2 saturated heterocycles. The lowest BCUT2D eigenvalue weighted by Crippen LogP contribution is -2.19. The van der Waals surface area contributed by atoms with Gasteiger partial charge in [0.2, 0.25) is 0 Å². The highest BCUT2D eigenvalue weighted by atomic mass is 16.7. The number of rotatable bonds is 4. The second kappa shape index (κ2) is 8.63. The van der Waals surface area contributed by atoms with Gasteiger partial charge in [-0.1, -0.05) is 30.3 Å². The summed E-state index contributed by atoms with van der Waals surface area (Å²) in [7, 11) is 0. The summed E-state index contributed by atoms with van der Waals surface area (Å²) in [5.41, 5.74) is 2.05. The number of hydrogen-bond acceptors (Lipinski definition) is 6. The predicted octanol–water partition coefficient (Wildman–Crippen LogP) is 3.78. The lowest BCUT2D eigenvalue weighted by Gasteiger charge is -2.25. The highest BCUT2D eigenvalue weighted by Gasteiger charge is 2.22. The Balaban J connectivity index is 1.46. The van der Waals surface area contributed by atoms with Gasteiger partial charge in [-0.05, 0) is 31.0 Å². The normalized spacial score (nSPS) is 19.0. The third kappa shape index (κ3) is 4.36. The van der Waals surface area contributed by atoms with Crippen molar-refractivity contribution in [3.63, 3.8) is 0 Å². The zero-order valence-electron chi connectivity index (χ0n) is 15.0. The van der Waals surface area contributed by atoms with E-state index in [-0.39, 0.29) is 6.29 Å². The third-order valence-corrected chi connectivity index (χ3v) is 4.45. The molecule has 2 aliphatic heterocycles. The Morgan fingerprint density at radius 2 is 1.37 bits per heavy atom. The van der Waals surface area contributed by atoms with Crippen LogP contribution in [-0.4, -0.2) is 32.4 Å². The van der Waals surface area contributed by atoms with Crippen molar-refractivity contribution >= 4 is 5.97 Å². The Kier molecular flexibility index (Phi) is 5.79. The van der Waals surface area contributed by atoms with Crippen LogP contribution in [0, 0.1) is 0 Å². The molecule has 2 fully saturated rings. The van der Waals surface area contributed by atoms with Gasteiger partial charge < -0.3 is 23.7 Å². The van der Waals surface area contributed by atoms with Crippen LogP contribution in [0.1, 0.15) is 46.9 Å². The molecule has 0 atom stereocenters. The van der Waals surface area contributed by atoms with Crippen LogP contribution in [0.4, 0.5) is 0 Å². The minimum atomic E-state index is -0.509. The van der Waals surface area contributed by atoms with Gasteiger partial charge in [0.1, 0.15) is 5.75 Å². The Morgan fingerprint density at radius 1 is 0.778 bits per heavy atom. The molecule has 142 valence electrons. The van der Waals surface area contributed by atoms with Crippen LogP contribution in [0.15, 0.2) is 48.5 Å². The van der Waals surface area contributed by atoms with E-state index in [0.29, 0.717) is 43.3 Å². The van der Waals surface area contributed by atoms with E-state index in [0.717, 1.165) is 18.4 Å². The van der Waals surface area contributed by atoms with Gasteiger partial charge in [0.15, 0.2) is 12.6 Å². The van der Waals surface area contributed by atoms with E-state index in [1.54, 1.807) is 18.2 Å². The van der Waals surface area contributed by atoms with Gasteiger partial charge in [-0.25, -0.2) is 4.79 Å². The SMILES string of the molecule is O=C(Oc1ccccc1C1OCCCO1)c1ccc(C2OCCCO2)cc1. The van der Waals surface area contributed by atoms with Crippen molar-refractivity contribution in [3.8, 4) is 5.75 Å². The topological polar surface area (TPSA) is 63.2 Å². The molecule has 0 saturated carbocycles. The second-order valence-corrected chi connectivity index (χ2v) is 6.40. The summed E-state index contributed by atoms with van der Waals surface area (Å²) in [6, 6.07) is 14.4. The lowest BCUT2D eigenvalue weighted by molar-refractivity contribution is -0.183. The minimum Gasteiger partial charge on any atom is -0.422 e. The van der Waals surface area contributed by atoms with Crippen LogP contribution < -0.4 is 4.74 Å². The highest BCUT2D eigenvalue weighted by Crippen LogP contribution is 2.31. The van der Waals surface area contributed by atoms with Gasteiger partial charge in [0.05, 0.1) is 37.6 Å². The second-order valence-electron chi connectivity index (χ2n) is 6.40. The molecule has 0 aromatic heterocycles. The summed E-state index contributed by atoms with van der Waals surface area (Å²) >= 11 is 0. The van der Waals surface area contributed by atoms with E-state index in [4.69, 9.17) is 23.7 Å². The quantitative estimate of drug-likeness (QED) is 0.603. The van der Waals surface area contributed by atoms with Crippen molar-refractivity contribution < 1.29 is 28.5 Å². The molecule has 0 unspecified atom stereocenters. The zero-order valence-corrected chi connectivity index (χ0v) is 15.0. The van der Waals surface area contributed by atoms with Crippen molar-refractivity contribution in [2.24, 2.45) is 0 Å². The van der Waals surface area contributed by atoms with Crippen LogP contribution in [0.2, 0.25) is 0 Å². The molecule has 0 bridgehead atoms. The molecule has 2 aromatic rings. The molecule has 4 rings (SSSR count). The first-order chi connectivity index (χ1) is 13.3. The maximum atomic E-state index is 12.6. The van der Waals surface area contributed by atoms with E-state index in [2.05, 4.69) is 0 Å². The lowest BCUT2D eigenvalue weighted by atomic mass is 10.1. The van der Waals surface area contributed by atoms with Gasteiger partial charge in [0, 0.05) is 5.56 Å². The van der Waals surface area contributed by atoms with E-state index >= 15 is 0 Å². The van der Waals surface area contributed by atoms with Crippen molar-refractivity contribution in [1.29, 1.82) is 0 Å². The van der Waals surface area contributed by atoms with Crippen LogP contribution in [0.3, 0.4) is 0 Å². The summed E-state index contributed by atoms with van der Waals surface area (Å²) in [5.74, 6) is 0.00714. The Bertz CT molecular complexity index is 760. The number of hydrogen-bond donors (Lipinski definition) is 0. The molecule has 6 heteroatoms. The molecule has 6 nitrogen and oxygen atoms in total. The number of carbonyl (C=O) groups excluding carboxylic acids is 1. The Morgan fingerprint density at radius 3 is 2.04 bits per heavy atom. The molecule has 0 spiro atoms. The molecule has 2 aromatic carbocycles. The Hall–Kier alpha value is -2.25. The van der Waals surface area contributed by atoms with E-state index in [1.807, 2.05) is 30.3 Å². The maximum Gasteiger partial charge on any atom is 0.343 e. The summed E-state index contributed by atoms with van der Waals surface area (Å²) in [5, 5.41) is 0. The minimum absolute atomic E-state index is 0.370. The van der Waals surface area contributed by atoms with Gasteiger partial charge in [-0.3, -0.25) is 0 Å². The largest absolute Gasteiger partial charge is 0.422 e. The monoisotopic (exact) mass is 370 g/mol. The van der Waals surface area contributed by atoms with Crippen LogP contribution in [0.25, 0.3) is 0 Å². The summed E-state index contributed by atoms with van der Waals surface area (Å²) in [6.45, 7) is 2.60. The molecule has 0 radical (unpaired) electrons. The van der Waals surface area contributed by atoms with Crippen LogP contribution in [-0.2, 0) is 18.9 Å². The summed E-state index contributed by atoms with van der Waals surface area (Å²) in [6.07, 6.45) is 0.879. The standard InChI is InChI=1S/C21H22O6/c22-19(15-7-9-16(10-8-15)20-23-11-3-12-24-20)27-18-6-2-1-5-17(18)21-25-13-4-14-26-21/h1-2,5-10,20-21H,3-4,11-14H2. The first-order valence-corrected chi connectivity index (χ1v) is 9.19. The smallest absolute Gasteiger partial charge is 0.343 e. The molecular formula is C21H22O6. The van der Waals surface area contributed by atoms with E-state index in [1.165, 1.54) is 0 Å². The fraction of sp³-hybridized carbons (Fsp3) is 0.381. The van der Waals surface area contributed by atoms with Crippen LogP contribution in [0.5, 0.6) is 5.75 Å². The van der Waals surface area contributed by atoms with Crippen molar-refractivity contribution in [2.45, 2.75) is 25.4 Å². The number of benzene rings is 2.